The number of aromatic hydroxyl groups is 1. The molecule has 0 unspecified atom stereocenters. The number of imidazole rings is 1. The van der Waals surface area contributed by atoms with Crippen molar-refractivity contribution in [2.45, 2.75) is 33.6 Å². The molecule has 0 atom stereocenters. The third-order valence-corrected chi connectivity index (χ3v) is 6.38. The van der Waals surface area contributed by atoms with Gasteiger partial charge in [0, 0.05) is 35.1 Å². The maximum atomic E-state index is 14.3. The van der Waals surface area contributed by atoms with E-state index in [4.69, 9.17) is 0 Å². The number of aldehydes is 2. The van der Waals surface area contributed by atoms with Crippen molar-refractivity contribution >= 4 is 29.7 Å². The molecule has 0 aliphatic carbocycles. The molecule has 0 radical (unpaired) electrons. The van der Waals surface area contributed by atoms with Gasteiger partial charge in [-0.2, -0.15) is 4.39 Å². The van der Waals surface area contributed by atoms with Crippen molar-refractivity contribution in [1.29, 1.82) is 0 Å². The second-order valence-electron chi connectivity index (χ2n) is 8.96. The number of anilines is 2. The number of carbonyl (C=O) groups excluding carboxylic acids is 2. The molecule has 0 amide bonds. The number of nitrogens with zero attached hydrogens (tertiary/aromatic N) is 4. The Morgan fingerprint density at radius 2 is 1.77 bits per heavy atom. The van der Waals surface area contributed by atoms with Crippen LogP contribution in [0.1, 0.15) is 42.6 Å². The van der Waals surface area contributed by atoms with Crippen LogP contribution in [0.25, 0.3) is 16.9 Å². The van der Waals surface area contributed by atoms with E-state index in [2.05, 4.69) is 27.2 Å². The number of phenolic OH excluding ortho intramolecular Hbond substituents is 1. The summed E-state index contributed by atoms with van der Waals surface area (Å²) in [6.07, 6.45) is 8.46. The van der Waals surface area contributed by atoms with Gasteiger partial charge in [-0.25, -0.2) is 14.4 Å². The van der Waals surface area contributed by atoms with Gasteiger partial charge in [0.05, 0.1) is 11.9 Å². The number of fused-ring (bicyclic) bond motifs is 1. The molecule has 3 heterocycles. The van der Waals surface area contributed by atoms with Crippen LogP contribution in [-0.2, 0) is 4.79 Å². The summed E-state index contributed by atoms with van der Waals surface area (Å²) < 4.78 is 29.6. The van der Waals surface area contributed by atoms with Gasteiger partial charge in [-0.15, -0.1) is 0 Å². The van der Waals surface area contributed by atoms with E-state index in [1.54, 1.807) is 28.8 Å². The molecule has 2 aromatic carbocycles. The zero-order valence-corrected chi connectivity index (χ0v) is 22.5. The largest absolute Gasteiger partial charge is 0.505 e. The van der Waals surface area contributed by atoms with Gasteiger partial charge in [-0.3, -0.25) is 9.20 Å². The molecule has 4 aromatic rings. The van der Waals surface area contributed by atoms with Gasteiger partial charge < -0.3 is 20.1 Å². The van der Waals surface area contributed by atoms with E-state index >= 15 is 0 Å². The average molecular weight is 538 g/mol. The van der Waals surface area contributed by atoms with Crippen molar-refractivity contribution in [2.75, 3.05) is 25.5 Å². The molecular weight excluding hydrogens is 504 g/mol. The summed E-state index contributed by atoms with van der Waals surface area (Å²) in [6, 6.07) is 7.60. The van der Waals surface area contributed by atoms with Crippen molar-refractivity contribution in [2.24, 2.45) is 5.92 Å². The Bertz CT molecular complexity index is 1430. The Kier molecular flexibility index (Phi) is 10.2. The monoisotopic (exact) mass is 537 g/mol. The van der Waals surface area contributed by atoms with E-state index in [1.165, 1.54) is 18.5 Å². The summed E-state index contributed by atoms with van der Waals surface area (Å²) in [5.74, 6) is -2.47. The van der Waals surface area contributed by atoms with Gasteiger partial charge in [0.15, 0.2) is 23.0 Å². The summed E-state index contributed by atoms with van der Waals surface area (Å²) in [5.41, 5.74) is 2.77. The maximum Gasteiger partial charge on any atom is 0.201 e. The number of likely N-dealkylation sites (tertiary alicyclic amines) is 1. The highest BCUT2D eigenvalue weighted by Crippen LogP contribution is 2.31. The highest BCUT2D eigenvalue weighted by molar-refractivity contribution is 5.80. The third-order valence-electron chi connectivity index (χ3n) is 6.38. The van der Waals surface area contributed by atoms with Gasteiger partial charge >= 0.3 is 0 Å². The number of halogens is 2. The second kappa shape index (κ2) is 13.6. The lowest BCUT2D eigenvalue weighted by atomic mass is 9.99. The summed E-state index contributed by atoms with van der Waals surface area (Å²) in [5, 5.41) is 12.4. The molecule has 39 heavy (non-hydrogen) atoms. The zero-order chi connectivity index (χ0) is 28.5. The second-order valence-corrected chi connectivity index (χ2v) is 8.96. The molecule has 1 saturated heterocycles. The van der Waals surface area contributed by atoms with Gasteiger partial charge in [-0.05, 0) is 75.8 Å². The van der Waals surface area contributed by atoms with Crippen molar-refractivity contribution in [3.8, 4) is 17.0 Å². The van der Waals surface area contributed by atoms with Crippen LogP contribution in [0.2, 0.25) is 0 Å². The SMILES string of the molecule is CC.CN1CCC(C=O)CC1.Cc1cc(Nc2nccn3c(-c4ccc(O)c(F)c4F)cnc23)ccc1C=O. The third kappa shape index (κ3) is 6.83. The highest BCUT2D eigenvalue weighted by atomic mass is 19.2. The average Bonchev–Trinajstić information content (AvgIpc) is 3.39. The highest BCUT2D eigenvalue weighted by Gasteiger charge is 2.18. The topological polar surface area (TPSA) is 99.8 Å². The lowest BCUT2D eigenvalue weighted by molar-refractivity contribution is -0.112. The number of aryl methyl sites for hydroxylation is 1. The van der Waals surface area contributed by atoms with Crippen molar-refractivity contribution < 1.29 is 23.5 Å². The lowest BCUT2D eigenvalue weighted by Crippen LogP contribution is -2.30. The minimum atomic E-state index is -1.31. The molecule has 0 saturated carbocycles. The molecule has 1 aliphatic heterocycles. The zero-order valence-electron chi connectivity index (χ0n) is 22.5. The molecule has 2 aromatic heterocycles. The lowest BCUT2D eigenvalue weighted by Gasteiger charge is -2.25. The molecule has 0 bridgehead atoms. The number of piperidine rings is 1. The molecule has 2 N–H and O–H groups in total. The van der Waals surface area contributed by atoms with Crippen LogP contribution in [0.3, 0.4) is 0 Å². The maximum absolute atomic E-state index is 14.3. The van der Waals surface area contributed by atoms with Crippen molar-refractivity contribution in [3.05, 3.63) is 71.7 Å². The van der Waals surface area contributed by atoms with E-state index in [1.807, 2.05) is 20.8 Å². The van der Waals surface area contributed by atoms with E-state index in [0.717, 1.165) is 50.1 Å². The molecule has 10 heteroatoms. The first kappa shape index (κ1) is 29.4. The Labute approximate surface area is 226 Å². The van der Waals surface area contributed by atoms with Crippen LogP contribution in [0.5, 0.6) is 5.75 Å². The van der Waals surface area contributed by atoms with Crippen LogP contribution in [0, 0.1) is 24.5 Å². The first-order chi connectivity index (χ1) is 18.8. The quantitative estimate of drug-likeness (QED) is 0.311. The summed E-state index contributed by atoms with van der Waals surface area (Å²) in [4.78, 5) is 32.0. The first-order valence-corrected chi connectivity index (χ1v) is 12.8. The number of carbonyl (C=O) groups is 2. The van der Waals surface area contributed by atoms with Crippen LogP contribution >= 0.6 is 0 Å². The summed E-state index contributed by atoms with van der Waals surface area (Å²) in [7, 11) is 2.10. The summed E-state index contributed by atoms with van der Waals surface area (Å²) in [6.45, 7) is 7.99. The molecule has 8 nitrogen and oxygen atoms in total. The normalized spacial score (nSPS) is 13.6. The smallest absolute Gasteiger partial charge is 0.201 e. The molecule has 1 fully saturated rings. The molecule has 0 spiro atoms. The fourth-order valence-electron chi connectivity index (χ4n) is 4.13. The van der Waals surface area contributed by atoms with E-state index in [-0.39, 0.29) is 5.56 Å². The molecule has 206 valence electrons. The van der Waals surface area contributed by atoms with Crippen molar-refractivity contribution in [1.82, 2.24) is 19.3 Å². The Balaban J connectivity index is 0.000000322. The number of phenols is 1. The Morgan fingerprint density at radius 3 is 2.41 bits per heavy atom. The van der Waals surface area contributed by atoms with E-state index in [9.17, 15) is 23.5 Å². The van der Waals surface area contributed by atoms with E-state index in [0.29, 0.717) is 34.3 Å². The number of aromatic nitrogens is 3. The Hall–Kier alpha value is -4.18. The fourth-order valence-corrected chi connectivity index (χ4v) is 4.13. The predicted octanol–water partition coefficient (Wildman–Crippen LogP) is 5.80. The number of hydrogen-bond donors (Lipinski definition) is 2. The van der Waals surface area contributed by atoms with E-state index < -0.39 is 17.4 Å². The van der Waals surface area contributed by atoms with Crippen LogP contribution in [-0.4, -0.2) is 57.1 Å². The van der Waals surface area contributed by atoms with Crippen LogP contribution in [0.15, 0.2) is 48.9 Å². The first-order valence-electron chi connectivity index (χ1n) is 12.8. The molecule has 5 rings (SSSR count). The molecular formula is C29H33F2N5O3. The minimum absolute atomic E-state index is 0.0360. The Morgan fingerprint density at radius 1 is 1.05 bits per heavy atom. The van der Waals surface area contributed by atoms with Gasteiger partial charge in [0.25, 0.3) is 0 Å². The minimum Gasteiger partial charge on any atom is -0.505 e. The molecule has 1 aliphatic rings. The van der Waals surface area contributed by atoms with Crippen molar-refractivity contribution in [3.63, 3.8) is 0 Å². The van der Waals surface area contributed by atoms with Gasteiger partial charge in [0.2, 0.25) is 5.82 Å². The van der Waals surface area contributed by atoms with Crippen LogP contribution < -0.4 is 5.32 Å². The number of rotatable bonds is 5. The predicted molar refractivity (Wildman–Crippen MR) is 147 cm³/mol. The number of hydrogen-bond acceptors (Lipinski definition) is 7. The summed E-state index contributed by atoms with van der Waals surface area (Å²) >= 11 is 0. The fraction of sp³-hybridized carbons (Fsp3) is 0.310. The van der Waals surface area contributed by atoms with Crippen LogP contribution in [0.4, 0.5) is 20.3 Å². The number of benzene rings is 2. The number of nitrogens with one attached hydrogen (secondary N) is 1. The van der Waals surface area contributed by atoms with Gasteiger partial charge in [-0.1, -0.05) is 13.8 Å². The van der Waals surface area contributed by atoms with Gasteiger partial charge in [0.1, 0.15) is 12.6 Å². The standard InChI is InChI=1S/C20H14F2N4O2.C7H13NO.C2H6/c1-11-8-13(3-2-12(11)10-27)25-19-20-24-9-15(26(20)7-6-23-19)14-4-5-16(28)18(22)17(14)21;1-8-4-2-7(6-9)3-5-8;1-2/h2-10,28H,1H3,(H,23,25);6-7H,2-5H2,1H3;1-2H3.